The van der Waals surface area contributed by atoms with Gasteiger partial charge >= 0.3 is 6.18 Å². The van der Waals surface area contributed by atoms with Gasteiger partial charge in [0.1, 0.15) is 0 Å². The molecule has 0 amide bonds. The summed E-state index contributed by atoms with van der Waals surface area (Å²) in [5.74, 6) is -0.468. The van der Waals surface area contributed by atoms with Gasteiger partial charge in [0.2, 0.25) is 6.71 Å². The fourth-order valence-electron chi connectivity index (χ4n) is 15.2. The number of hydrogen-bond acceptors (Lipinski definition) is 6. The van der Waals surface area contributed by atoms with Gasteiger partial charge in [-0.25, -0.2) is 4.39 Å². The number of fused-ring (bicyclic) bond motifs is 8. The van der Waals surface area contributed by atoms with E-state index in [0.717, 1.165) is 135 Å². The Bertz CT molecular complexity index is 5310. The molecule has 4 aliphatic rings. The van der Waals surface area contributed by atoms with Gasteiger partial charge in [-0.3, -0.25) is 0 Å². The summed E-state index contributed by atoms with van der Waals surface area (Å²) in [6.07, 6.45) is -4.63. The summed E-state index contributed by atoms with van der Waals surface area (Å²) in [4.78, 5) is 12.4. The molecule has 0 aliphatic carbocycles. The molecule has 4 aliphatic heterocycles. The van der Waals surface area contributed by atoms with Crippen LogP contribution in [-0.4, -0.2) is 13.4 Å². The van der Waals surface area contributed by atoms with Gasteiger partial charge in [0.05, 0.1) is 22.6 Å². The van der Waals surface area contributed by atoms with E-state index in [4.69, 9.17) is 0 Å². The standard InChI is InChI=1S/C85H55B2F4N5S/c88-82-83-71(86-69-38-20-23-41-74(69)94(62-33-15-5-16-34-62)76-51-66(92(60-29-11-3-12-30-60)61-31-13-4-14-32-61)52-77(80(76)86)96(83)65-49-45-59(46-50-65)85(89,90)91)55-72-84(82)97-79-54-67(53-78-81(79)87(72)70-39-21-24-42-75(70)95(78)63-35-17-6-18-36-63)93(64-47-43-57(44-48-64)56-25-7-1-8-26-56)73-40-22-19-37-68(73)58-27-9-2-10-28-58/h1-55H. The molecule has 0 N–H and O–H groups in total. The zero-order chi connectivity index (χ0) is 64.9. The maximum absolute atomic E-state index is 20.4. The minimum Gasteiger partial charge on any atom is -0.311 e. The molecule has 0 radical (unpaired) electrons. The van der Waals surface area contributed by atoms with Crippen LogP contribution in [0.3, 0.4) is 0 Å². The Balaban J connectivity index is 0.921. The van der Waals surface area contributed by atoms with Crippen molar-refractivity contribution < 1.29 is 17.6 Å². The van der Waals surface area contributed by atoms with E-state index < -0.39 is 31.0 Å². The third-order valence-corrected chi connectivity index (χ3v) is 20.5. The number of alkyl halides is 3. The fourth-order valence-corrected chi connectivity index (χ4v) is 16.4. The Morgan fingerprint density at radius 1 is 0.320 bits per heavy atom. The van der Waals surface area contributed by atoms with E-state index in [-0.39, 0.29) is 5.69 Å². The van der Waals surface area contributed by atoms with Gasteiger partial charge in [-0.15, -0.1) is 0 Å². The molecule has 0 atom stereocenters. The van der Waals surface area contributed by atoms with Gasteiger partial charge in [-0.2, -0.15) is 13.2 Å². The lowest BCUT2D eigenvalue weighted by molar-refractivity contribution is -0.137. The van der Waals surface area contributed by atoms with E-state index in [9.17, 15) is 13.2 Å². The molecular weight excluding hydrogens is 1220 g/mol. The second-order valence-electron chi connectivity index (χ2n) is 24.8. The van der Waals surface area contributed by atoms with Gasteiger partial charge in [-0.05, 0) is 171 Å². The Morgan fingerprint density at radius 2 is 0.753 bits per heavy atom. The maximum Gasteiger partial charge on any atom is 0.416 e. The fraction of sp³-hybridized carbons (Fsp3) is 0.0118. The summed E-state index contributed by atoms with van der Waals surface area (Å²) in [6.45, 7) is -1.04. The van der Waals surface area contributed by atoms with Crippen LogP contribution >= 0.6 is 11.8 Å². The SMILES string of the molecule is Fc1c2c(cc3c1N(c1ccc(C(F)(F)F)cc1)c1cc(N(c4ccccc4)c4ccccc4)cc4c1B3c1ccccc1N4c1ccccc1)B1c3ccccc3N(c3ccccc3)c3cc(N(c4ccc(-c5ccccc5)cc4)c4ccccc4-c4ccccc4)cc(c31)S2. The Labute approximate surface area is 565 Å². The molecule has 4 heterocycles. The van der Waals surface area contributed by atoms with Crippen molar-refractivity contribution in [2.24, 2.45) is 0 Å². The molecule has 14 aromatic carbocycles. The summed E-state index contributed by atoms with van der Waals surface area (Å²) < 4.78 is 65.0. The molecule has 0 saturated heterocycles. The van der Waals surface area contributed by atoms with Gasteiger partial charge in [-0.1, -0.05) is 223 Å². The summed E-state index contributed by atoms with van der Waals surface area (Å²) in [5, 5.41) is 0. The molecule has 0 unspecified atom stereocenters. The van der Waals surface area contributed by atoms with Crippen LogP contribution in [0.4, 0.5) is 103 Å². The van der Waals surface area contributed by atoms with Gasteiger partial charge < -0.3 is 24.5 Å². The molecule has 0 bridgehead atoms. The average molecular weight is 1280 g/mol. The second kappa shape index (κ2) is 23.3. The number of hydrogen-bond donors (Lipinski definition) is 0. The van der Waals surface area contributed by atoms with E-state index >= 15 is 4.39 Å². The minimum atomic E-state index is -4.63. The maximum atomic E-state index is 20.4. The quantitative estimate of drug-likeness (QED) is 0.0941. The highest BCUT2D eigenvalue weighted by Gasteiger charge is 2.49. The van der Waals surface area contributed by atoms with Crippen molar-refractivity contribution >= 4 is 143 Å². The third kappa shape index (κ3) is 9.64. The lowest BCUT2D eigenvalue weighted by Gasteiger charge is -2.46. The second-order valence-corrected chi connectivity index (χ2v) is 25.8. The molecule has 12 heteroatoms. The largest absolute Gasteiger partial charge is 0.416 e. The average Bonchev–Trinajstić information content (AvgIpc) is 0.685. The highest BCUT2D eigenvalue weighted by Crippen LogP contribution is 2.53. The summed E-state index contributed by atoms with van der Waals surface area (Å²) in [5.41, 5.74) is 21.0. The molecule has 0 saturated carbocycles. The summed E-state index contributed by atoms with van der Waals surface area (Å²) >= 11 is 1.42. The molecule has 14 aromatic rings. The van der Waals surface area contributed by atoms with Crippen molar-refractivity contribution in [3.8, 4) is 22.3 Å². The van der Waals surface area contributed by atoms with E-state index in [1.165, 1.54) is 23.9 Å². The van der Waals surface area contributed by atoms with Crippen LogP contribution < -0.4 is 57.3 Å². The topological polar surface area (TPSA) is 16.2 Å². The van der Waals surface area contributed by atoms with E-state index in [0.29, 0.717) is 21.7 Å². The molecule has 5 nitrogen and oxygen atoms in total. The Kier molecular flexibility index (Phi) is 13.9. The first-order valence-electron chi connectivity index (χ1n) is 32.5. The van der Waals surface area contributed by atoms with Crippen molar-refractivity contribution in [2.45, 2.75) is 16.0 Å². The van der Waals surface area contributed by atoms with Gasteiger partial charge in [0, 0.05) is 83.6 Å². The van der Waals surface area contributed by atoms with Crippen LogP contribution in [0.5, 0.6) is 0 Å². The van der Waals surface area contributed by atoms with Crippen molar-refractivity contribution in [3.63, 3.8) is 0 Å². The molecule has 460 valence electrons. The van der Waals surface area contributed by atoms with Gasteiger partial charge in [0.25, 0.3) is 6.71 Å². The summed E-state index contributed by atoms with van der Waals surface area (Å²) in [6, 6.07) is 112. The molecule has 0 fully saturated rings. The van der Waals surface area contributed by atoms with Crippen LogP contribution in [-0.2, 0) is 6.18 Å². The van der Waals surface area contributed by atoms with E-state index in [1.807, 2.05) is 77.7 Å². The Hall–Kier alpha value is -11.7. The van der Waals surface area contributed by atoms with Crippen LogP contribution in [0.15, 0.2) is 343 Å². The molecular formula is C85H55B2F4N5S. The molecule has 18 rings (SSSR count). The normalized spacial score (nSPS) is 13.0. The van der Waals surface area contributed by atoms with E-state index in [1.54, 1.807) is 0 Å². The van der Waals surface area contributed by atoms with Crippen LogP contribution in [0.1, 0.15) is 5.56 Å². The van der Waals surface area contributed by atoms with Crippen molar-refractivity contribution in [1.82, 2.24) is 0 Å². The van der Waals surface area contributed by atoms with Crippen molar-refractivity contribution in [1.29, 1.82) is 0 Å². The predicted molar refractivity (Wildman–Crippen MR) is 396 cm³/mol. The van der Waals surface area contributed by atoms with Crippen LogP contribution in [0, 0.1) is 5.82 Å². The predicted octanol–water partition coefficient (Wildman–Crippen LogP) is 20.0. The smallest absolute Gasteiger partial charge is 0.311 e. The molecule has 0 spiro atoms. The minimum absolute atomic E-state index is 0.271. The van der Waals surface area contributed by atoms with Crippen LogP contribution in [0.2, 0.25) is 0 Å². The number of benzene rings is 14. The Morgan fingerprint density at radius 3 is 1.32 bits per heavy atom. The zero-order valence-electron chi connectivity index (χ0n) is 52.1. The highest BCUT2D eigenvalue weighted by molar-refractivity contribution is 8.00. The van der Waals surface area contributed by atoms with E-state index in [2.05, 4.69) is 256 Å². The number of halogens is 4. The number of para-hydroxylation sites is 7. The van der Waals surface area contributed by atoms with Gasteiger partial charge in [0.15, 0.2) is 5.82 Å². The van der Waals surface area contributed by atoms with Crippen molar-refractivity contribution in [2.75, 3.05) is 24.5 Å². The molecule has 0 aromatic heterocycles. The number of nitrogens with zero attached hydrogens (tertiary/aromatic N) is 5. The first-order valence-corrected chi connectivity index (χ1v) is 33.3. The third-order valence-electron chi connectivity index (χ3n) is 19.3. The zero-order valence-corrected chi connectivity index (χ0v) is 52.9. The number of anilines is 15. The first-order chi connectivity index (χ1) is 47.7. The van der Waals surface area contributed by atoms with Crippen molar-refractivity contribution in [3.05, 3.63) is 345 Å². The number of rotatable bonds is 11. The summed E-state index contributed by atoms with van der Waals surface area (Å²) in [7, 11) is 0. The highest BCUT2D eigenvalue weighted by atomic mass is 32.2. The lowest BCUT2D eigenvalue weighted by Crippen LogP contribution is -2.65. The first kappa shape index (κ1) is 57.9. The van der Waals surface area contributed by atoms with Crippen LogP contribution in [0.25, 0.3) is 22.3 Å². The molecule has 97 heavy (non-hydrogen) atoms. The lowest BCUT2D eigenvalue weighted by atomic mass is 9.31. The monoisotopic (exact) mass is 1280 g/mol.